The van der Waals surface area contributed by atoms with Crippen LogP contribution in [0.15, 0.2) is 66.5 Å². The molecule has 1 amide bonds. The lowest BCUT2D eigenvalue weighted by Crippen LogP contribution is -2.30. The number of aromatic nitrogens is 1. The van der Waals surface area contributed by atoms with Crippen LogP contribution in [0.25, 0.3) is 5.76 Å². The number of ether oxygens (including phenoxy) is 1. The Morgan fingerprint density at radius 1 is 1.12 bits per heavy atom. The average molecular weight is 436 g/mol. The van der Waals surface area contributed by atoms with Gasteiger partial charge in [-0.25, -0.2) is 8.78 Å². The molecule has 1 fully saturated rings. The van der Waals surface area contributed by atoms with Crippen LogP contribution < -0.4 is 9.64 Å². The summed E-state index contributed by atoms with van der Waals surface area (Å²) in [5, 5.41) is 11.1. The first kappa shape index (κ1) is 21.2. The summed E-state index contributed by atoms with van der Waals surface area (Å²) in [4.78, 5) is 30.9. The van der Waals surface area contributed by atoms with Crippen molar-refractivity contribution in [3.8, 4) is 5.75 Å². The SMILES string of the molecule is COc1ccc(/C(O)=C2\C(=O)C(=O)N(c3ccc(F)cc3F)C2c2cccnc2)cc1C. The zero-order valence-corrected chi connectivity index (χ0v) is 17.2. The Morgan fingerprint density at radius 3 is 2.53 bits per heavy atom. The van der Waals surface area contributed by atoms with Gasteiger partial charge >= 0.3 is 0 Å². The number of hydrogen-bond donors (Lipinski definition) is 1. The molecule has 2 aromatic carbocycles. The lowest BCUT2D eigenvalue weighted by Gasteiger charge is -2.25. The molecule has 1 atom stereocenters. The highest BCUT2D eigenvalue weighted by molar-refractivity contribution is 6.51. The van der Waals surface area contributed by atoms with E-state index in [2.05, 4.69) is 4.98 Å². The van der Waals surface area contributed by atoms with Crippen molar-refractivity contribution in [3.63, 3.8) is 0 Å². The maximum atomic E-state index is 14.6. The van der Waals surface area contributed by atoms with Crippen molar-refractivity contribution in [3.05, 3.63) is 94.8 Å². The summed E-state index contributed by atoms with van der Waals surface area (Å²) in [6.45, 7) is 1.76. The summed E-state index contributed by atoms with van der Waals surface area (Å²) in [5.41, 5.74) is 0.855. The van der Waals surface area contributed by atoms with E-state index >= 15 is 0 Å². The third-order valence-electron chi connectivity index (χ3n) is 5.28. The molecule has 0 aliphatic carbocycles. The summed E-state index contributed by atoms with van der Waals surface area (Å²) in [6.07, 6.45) is 2.92. The molecule has 6 nitrogen and oxygen atoms in total. The number of aliphatic hydroxyl groups is 1. The highest BCUT2D eigenvalue weighted by Crippen LogP contribution is 2.43. The van der Waals surface area contributed by atoms with E-state index in [4.69, 9.17) is 4.74 Å². The Hall–Kier alpha value is -4.07. The third kappa shape index (κ3) is 3.49. The first-order valence-electron chi connectivity index (χ1n) is 9.64. The Balaban J connectivity index is 1.95. The van der Waals surface area contributed by atoms with Crippen LogP contribution >= 0.6 is 0 Å². The van der Waals surface area contributed by atoms with Crippen molar-refractivity contribution in [2.24, 2.45) is 0 Å². The highest BCUT2D eigenvalue weighted by atomic mass is 19.1. The standard InChI is InChI=1S/C24H18F2N2O4/c1-13-10-14(5-8-19(13)32-2)22(29)20-21(15-4-3-9-27-12-15)28(24(31)23(20)30)18-7-6-16(25)11-17(18)26/h3-12,21,29H,1-2H3/b22-20+. The molecule has 1 aromatic heterocycles. The first-order chi connectivity index (χ1) is 15.3. The van der Waals surface area contributed by atoms with E-state index in [1.165, 1.54) is 19.5 Å². The second-order valence-electron chi connectivity index (χ2n) is 7.24. The van der Waals surface area contributed by atoms with Crippen molar-refractivity contribution in [1.82, 2.24) is 4.98 Å². The van der Waals surface area contributed by atoms with Crippen LogP contribution in [0.2, 0.25) is 0 Å². The average Bonchev–Trinajstić information content (AvgIpc) is 3.04. The Kier molecular flexibility index (Phi) is 5.44. The molecule has 1 N–H and O–H groups in total. The fourth-order valence-corrected chi connectivity index (χ4v) is 3.79. The van der Waals surface area contributed by atoms with Gasteiger partial charge in [0.1, 0.15) is 23.1 Å². The van der Waals surface area contributed by atoms with E-state index in [0.29, 0.717) is 22.9 Å². The molecule has 8 heteroatoms. The van der Waals surface area contributed by atoms with E-state index < -0.39 is 35.1 Å². The maximum Gasteiger partial charge on any atom is 0.300 e. The van der Waals surface area contributed by atoms with Crippen LogP contribution in [-0.2, 0) is 9.59 Å². The van der Waals surface area contributed by atoms with Crippen molar-refractivity contribution < 1.29 is 28.2 Å². The first-order valence-corrected chi connectivity index (χ1v) is 9.64. The van der Waals surface area contributed by atoms with Crippen LogP contribution in [0.3, 0.4) is 0 Å². The molecule has 4 rings (SSSR count). The molecule has 1 unspecified atom stereocenters. The molecular formula is C24H18F2N2O4. The fraction of sp³-hybridized carbons (Fsp3) is 0.125. The second-order valence-corrected chi connectivity index (χ2v) is 7.24. The Labute approximate surface area is 182 Å². The largest absolute Gasteiger partial charge is 0.507 e. The zero-order valence-electron chi connectivity index (χ0n) is 17.2. The number of benzene rings is 2. The fourth-order valence-electron chi connectivity index (χ4n) is 3.79. The molecule has 1 aliphatic heterocycles. The Bertz CT molecular complexity index is 1260. The number of aliphatic hydroxyl groups excluding tert-OH is 1. The summed E-state index contributed by atoms with van der Waals surface area (Å²) >= 11 is 0. The van der Waals surface area contributed by atoms with Crippen LogP contribution in [0.1, 0.15) is 22.7 Å². The molecule has 3 aromatic rings. The van der Waals surface area contributed by atoms with E-state index in [0.717, 1.165) is 17.0 Å². The normalized spacial score (nSPS) is 17.6. The van der Waals surface area contributed by atoms with Gasteiger partial charge < -0.3 is 9.84 Å². The lowest BCUT2D eigenvalue weighted by atomic mass is 9.95. The van der Waals surface area contributed by atoms with Gasteiger partial charge in [0.05, 0.1) is 24.4 Å². The number of aryl methyl sites for hydroxylation is 1. The van der Waals surface area contributed by atoms with Gasteiger partial charge in [-0.05, 0) is 54.4 Å². The number of Topliss-reactive ketones (excluding diaryl/α,β-unsaturated/α-hetero) is 1. The van der Waals surface area contributed by atoms with Gasteiger partial charge in [-0.1, -0.05) is 6.07 Å². The minimum absolute atomic E-state index is 0.226. The number of nitrogens with zero attached hydrogens (tertiary/aromatic N) is 2. The topological polar surface area (TPSA) is 79.7 Å². The molecule has 162 valence electrons. The summed E-state index contributed by atoms with van der Waals surface area (Å²) in [6, 6.07) is 9.51. The number of ketones is 1. The predicted molar refractivity (Wildman–Crippen MR) is 113 cm³/mol. The minimum Gasteiger partial charge on any atom is -0.507 e. The van der Waals surface area contributed by atoms with Gasteiger partial charge in [-0.2, -0.15) is 0 Å². The van der Waals surface area contributed by atoms with Crippen molar-refractivity contribution in [2.75, 3.05) is 12.0 Å². The van der Waals surface area contributed by atoms with Crippen LogP contribution in [0.4, 0.5) is 14.5 Å². The number of hydrogen-bond acceptors (Lipinski definition) is 5. The maximum absolute atomic E-state index is 14.6. The Morgan fingerprint density at radius 2 is 1.91 bits per heavy atom. The van der Waals surface area contributed by atoms with Gasteiger partial charge in [0.2, 0.25) is 0 Å². The number of pyridine rings is 1. The second kappa shape index (κ2) is 8.22. The molecule has 0 spiro atoms. The zero-order chi connectivity index (χ0) is 23.0. The van der Waals surface area contributed by atoms with Crippen molar-refractivity contribution >= 4 is 23.1 Å². The number of anilines is 1. The van der Waals surface area contributed by atoms with Gasteiger partial charge in [-0.15, -0.1) is 0 Å². The number of carbonyl (C=O) groups excluding carboxylic acids is 2. The number of carbonyl (C=O) groups is 2. The van der Waals surface area contributed by atoms with Gasteiger partial charge in [0, 0.05) is 24.0 Å². The number of halogens is 2. The quantitative estimate of drug-likeness (QED) is 0.375. The van der Waals surface area contributed by atoms with Crippen LogP contribution in [-0.4, -0.2) is 28.9 Å². The molecule has 1 saturated heterocycles. The summed E-state index contributed by atoms with van der Waals surface area (Å²) in [5.74, 6) is -3.72. The molecular weight excluding hydrogens is 418 g/mol. The number of rotatable bonds is 4. The molecule has 2 heterocycles. The molecule has 32 heavy (non-hydrogen) atoms. The van der Waals surface area contributed by atoms with Crippen LogP contribution in [0, 0.1) is 18.6 Å². The van der Waals surface area contributed by atoms with Gasteiger partial charge in [-0.3, -0.25) is 19.5 Å². The molecule has 0 saturated carbocycles. The summed E-state index contributed by atoms with van der Waals surface area (Å²) < 4.78 is 33.3. The monoisotopic (exact) mass is 436 g/mol. The van der Waals surface area contributed by atoms with Crippen molar-refractivity contribution in [2.45, 2.75) is 13.0 Å². The van der Waals surface area contributed by atoms with Crippen molar-refractivity contribution in [1.29, 1.82) is 0 Å². The van der Waals surface area contributed by atoms with Crippen LogP contribution in [0.5, 0.6) is 5.75 Å². The molecule has 1 aliphatic rings. The third-order valence-corrected chi connectivity index (χ3v) is 5.28. The van der Waals surface area contributed by atoms with E-state index in [1.54, 1.807) is 37.3 Å². The predicted octanol–water partition coefficient (Wildman–Crippen LogP) is 4.30. The molecule has 0 radical (unpaired) electrons. The highest BCUT2D eigenvalue weighted by Gasteiger charge is 2.47. The van der Waals surface area contributed by atoms with E-state index in [1.807, 2.05) is 0 Å². The molecule has 0 bridgehead atoms. The van der Waals surface area contributed by atoms with E-state index in [9.17, 15) is 23.5 Å². The lowest BCUT2D eigenvalue weighted by molar-refractivity contribution is -0.132. The summed E-state index contributed by atoms with van der Waals surface area (Å²) in [7, 11) is 1.51. The number of amides is 1. The van der Waals surface area contributed by atoms with Gasteiger partial charge in [0.25, 0.3) is 11.7 Å². The van der Waals surface area contributed by atoms with E-state index in [-0.39, 0.29) is 16.8 Å². The minimum atomic E-state index is -1.16. The van der Waals surface area contributed by atoms with Gasteiger partial charge in [0.15, 0.2) is 0 Å². The number of methoxy groups -OCH3 is 1. The smallest absolute Gasteiger partial charge is 0.300 e.